The van der Waals surface area contributed by atoms with Gasteiger partial charge in [0.15, 0.2) is 11.5 Å². The Morgan fingerprint density at radius 1 is 1.28 bits per heavy atom. The monoisotopic (exact) mass is 369 g/mol. The number of aromatic nitrogens is 2. The molecule has 2 rings (SSSR count). The number of ether oxygens (including phenoxy) is 1. The Labute approximate surface area is 147 Å². The molecule has 0 spiro atoms. The van der Waals surface area contributed by atoms with E-state index in [0.717, 1.165) is 17.0 Å². The van der Waals surface area contributed by atoms with Crippen LogP contribution in [0.4, 0.5) is 0 Å². The summed E-state index contributed by atoms with van der Waals surface area (Å²) >= 11 is 0. The quantitative estimate of drug-likeness (QED) is 0.569. The van der Waals surface area contributed by atoms with Crippen LogP contribution in [0.1, 0.15) is 29.4 Å². The number of benzene rings is 1. The molecule has 8 nitrogen and oxygen atoms in total. The minimum absolute atomic E-state index is 0.0124. The molecule has 0 amide bonds. The molecule has 1 heterocycles. The van der Waals surface area contributed by atoms with Gasteiger partial charge in [0.25, 0.3) is 0 Å². The third-order valence-corrected chi connectivity index (χ3v) is 5.63. The van der Waals surface area contributed by atoms with Crippen molar-refractivity contribution in [3.05, 3.63) is 34.6 Å². The summed E-state index contributed by atoms with van der Waals surface area (Å²) in [7, 11) is -2.06. The van der Waals surface area contributed by atoms with E-state index in [1.807, 2.05) is 20.8 Å². The second-order valence-corrected chi connectivity index (χ2v) is 7.92. The highest BCUT2D eigenvalue weighted by Gasteiger charge is 2.26. The summed E-state index contributed by atoms with van der Waals surface area (Å²) in [6, 6.07) is 3.03. The molecule has 0 radical (unpaired) electrons. The fourth-order valence-corrected chi connectivity index (χ4v) is 3.07. The molecule has 1 aromatic heterocycles. The standard InChI is InChI=1S/C16H24N3O5P/c1-7-25(21,24-18-19-13(5)11(3)12(4)17-19)23-14-8-10(2)16(20)15(9-14)22-6/h8-9,18,20H,7H2,1-6H3. The number of phenolic OH excluding ortho intramolecular Hbond substituents is 1. The van der Waals surface area contributed by atoms with Gasteiger partial charge in [-0.25, -0.2) is 4.57 Å². The van der Waals surface area contributed by atoms with E-state index in [2.05, 4.69) is 10.7 Å². The van der Waals surface area contributed by atoms with Crippen molar-refractivity contribution in [2.75, 3.05) is 18.9 Å². The van der Waals surface area contributed by atoms with Crippen molar-refractivity contribution in [1.29, 1.82) is 0 Å². The van der Waals surface area contributed by atoms with Gasteiger partial charge in [-0.15, -0.1) is 0 Å². The third-order valence-electron chi connectivity index (χ3n) is 4.01. The van der Waals surface area contributed by atoms with Crippen molar-refractivity contribution in [2.45, 2.75) is 34.6 Å². The Kier molecular flexibility index (Phi) is 5.65. The molecular formula is C16H24N3O5P. The average Bonchev–Trinajstić information content (AvgIpc) is 2.83. The number of hydrogen-bond donors (Lipinski definition) is 2. The van der Waals surface area contributed by atoms with Crippen LogP contribution >= 0.6 is 7.60 Å². The van der Waals surface area contributed by atoms with Gasteiger partial charge in [-0.05, 0) is 44.9 Å². The van der Waals surface area contributed by atoms with Crippen LogP contribution in [0.5, 0.6) is 17.2 Å². The largest absolute Gasteiger partial charge is 0.504 e. The summed E-state index contributed by atoms with van der Waals surface area (Å²) in [5, 5.41) is 14.1. The van der Waals surface area contributed by atoms with Crippen molar-refractivity contribution in [1.82, 2.24) is 9.89 Å². The lowest BCUT2D eigenvalue weighted by Crippen LogP contribution is -2.19. The molecule has 0 aliphatic heterocycles. The van der Waals surface area contributed by atoms with Gasteiger partial charge in [-0.1, -0.05) is 6.92 Å². The van der Waals surface area contributed by atoms with Gasteiger partial charge >= 0.3 is 7.60 Å². The average molecular weight is 369 g/mol. The number of aryl methyl sites for hydroxylation is 2. The van der Waals surface area contributed by atoms with Gasteiger partial charge in [0.05, 0.1) is 24.7 Å². The number of phenols is 1. The topological polar surface area (TPSA) is 94.8 Å². The van der Waals surface area contributed by atoms with E-state index in [4.69, 9.17) is 13.9 Å². The maximum absolute atomic E-state index is 12.9. The summed E-state index contributed by atoms with van der Waals surface area (Å²) in [4.78, 5) is 1.42. The molecule has 1 unspecified atom stereocenters. The van der Waals surface area contributed by atoms with E-state index in [1.165, 1.54) is 18.0 Å². The zero-order chi connectivity index (χ0) is 18.8. The maximum Gasteiger partial charge on any atom is 0.401 e. The number of aromatic hydroxyl groups is 1. The predicted molar refractivity (Wildman–Crippen MR) is 95.1 cm³/mol. The number of methoxy groups -OCH3 is 1. The highest BCUT2D eigenvalue weighted by atomic mass is 31.2. The van der Waals surface area contributed by atoms with Crippen LogP contribution in [-0.2, 0) is 9.19 Å². The van der Waals surface area contributed by atoms with E-state index < -0.39 is 7.60 Å². The number of rotatable bonds is 7. The van der Waals surface area contributed by atoms with Gasteiger partial charge in [0, 0.05) is 6.07 Å². The van der Waals surface area contributed by atoms with Crippen molar-refractivity contribution in [3.8, 4) is 17.2 Å². The fourth-order valence-electron chi connectivity index (χ4n) is 2.14. The normalized spacial score (nSPS) is 13.4. The lowest BCUT2D eigenvalue weighted by molar-refractivity contribution is 0.270. The Morgan fingerprint density at radius 2 is 1.96 bits per heavy atom. The molecule has 0 saturated carbocycles. The third kappa shape index (κ3) is 4.08. The summed E-state index contributed by atoms with van der Waals surface area (Å²) in [6.07, 6.45) is 0.139. The predicted octanol–water partition coefficient (Wildman–Crippen LogP) is 3.60. The molecule has 0 aliphatic carbocycles. The lowest BCUT2D eigenvalue weighted by atomic mass is 10.2. The first-order chi connectivity index (χ1) is 11.7. The molecule has 0 fully saturated rings. The van der Waals surface area contributed by atoms with Crippen LogP contribution in [-0.4, -0.2) is 28.3 Å². The van der Waals surface area contributed by atoms with Crippen LogP contribution in [0.3, 0.4) is 0 Å². The van der Waals surface area contributed by atoms with Gasteiger partial charge in [0.2, 0.25) is 0 Å². The Hall–Kier alpha value is -2.18. The Bertz CT molecular complexity index is 819. The molecular weight excluding hydrogens is 345 g/mol. The van der Waals surface area contributed by atoms with E-state index in [0.29, 0.717) is 5.56 Å². The summed E-state index contributed by atoms with van der Waals surface area (Å²) in [5.41, 5.74) is 5.83. The fraction of sp³-hybridized carbons (Fsp3) is 0.438. The maximum atomic E-state index is 12.9. The van der Waals surface area contributed by atoms with Gasteiger partial charge < -0.3 is 14.4 Å². The first-order valence-corrected chi connectivity index (χ1v) is 9.57. The van der Waals surface area contributed by atoms with Crippen LogP contribution < -0.4 is 14.8 Å². The summed E-state index contributed by atoms with van der Waals surface area (Å²) in [6.45, 7) is 9.08. The van der Waals surface area contributed by atoms with Crippen LogP contribution in [0.15, 0.2) is 12.1 Å². The van der Waals surface area contributed by atoms with Crippen molar-refractivity contribution in [2.24, 2.45) is 0 Å². The number of hydrogen-bond acceptors (Lipinski definition) is 7. The molecule has 1 atom stereocenters. The molecule has 2 N–H and O–H groups in total. The zero-order valence-corrected chi connectivity index (χ0v) is 16.2. The molecule has 0 saturated heterocycles. The molecule has 0 aliphatic rings. The smallest absolute Gasteiger partial charge is 0.401 e. The van der Waals surface area contributed by atoms with Crippen molar-refractivity contribution < 1.29 is 23.6 Å². The second-order valence-electron chi connectivity index (χ2n) is 5.70. The Morgan fingerprint density at radius 3 is 2.48 bits per heavy atom. The highest BCUT2D eigenvalue weighted by Crippen LogP contribution is 2.49. The molecule has 1 aromatic carbocycles. The minimum atomic E-state index is -3.49. The molecule has 138 valence electrons. The highest BCUT2D eigenvalue weighted by molar-refractivity contribution is 7.54. The van der Waals surface area contributed by atoms with E-state index in [-0.39, 0.29) is 23.4 Å². The first-order valence-electron chi connectivity index (χ1n) is 7.84. The summed E-state index contributed by atoms with van der Waals surface area (Å²) < 4.78 is 28.9. The van der Waals surface area contributed by atoms with E-state index in [1.54, 1.807) is 19.9 Å². The zero-order valence-electron chi connectivity index (χ0n) is 15.3. The second kappa shape index (κ2) is 7.37. The molecule has 25 heavy (non-hydrogen) atoms. The SMILES string of the molecule is CCP(=O)(ONn1nc(C)c(C)c1C)Oc1cc(C)c(O)c(OC)c1. The Balaban J connectivity index is 2.19. The van der Waals surface area contributed by atoms with Crippen LogP contribution in [0, 0.1) is 27.7 Å². The molecule has 0 bridgehead atoms. The van der Waals surface area contributed by atoms with Crippen LogP contribution in [0.2, 0.25) is 0 Å². The lowest BCUT2D eigenvalue weighted by Gasteiger charge is -2.19. The van der Waals surface area contributed by atoms with Gasteiger partial charge in [-0.2, -0.15) is 20.1 Å². The first kappa shape index (κ1) is 19.1. The van der Waals surface area contributed by atoms with E-state index >= 15 is 0 Å². The number of nitrogens with one attached hydrogen (secondary N) is 1. The van der Waals surface area contributed by atoms with Gasteiger partial charge in [0.1, 0.15) is 5.75 Å². The van der Waals surface area contributed by atoms with Crippen molar-refractivity contribution >= 4 is 7.60 Å². The van der Waals surface area contributed by atoms with Crippen LogP contribution in [0.25, 0.3) is 0 Å². The molecule has 9 heteroatoms. The van der Waals surface area contributed by atoms with Gasteiger partial charge in [-0.3, -0.25) is 0 Å². The number of nitrogens with zero attached hydrogens (tertiary/aromatic N) is 2. The van der Waals surface area contributed by atoms with Crippen molar-refractivity contribution in [3.63, 3.8) is 0 Å². The minimum Gasteiger partial charge on any atom is -0.504 e. The van der Waals surface area contributed by atoms with E-state index in [9.17, 15) is 9.67 Å². The summed E-state index contributed by atoms with van der Waals surface area (Å²) in [5.74, 6) is 0.529. The molecule has 2 aromatic rings.